The normalized spacial score (nSPS) is 23.7. The van der Waals surface area contributed by atoms with Gasteiger partial charge >= 0.3 is 0 Å². The lowest BCUT2D eigenvalue weighted by atomic mass is 9.99. The van der Waals surface area contributed by atoms with Crippen LogP contribution in [0.5, 0.6) is 0 Å². The average Bonchev–Trinajstić information content (AvgIpc) is 3.26. The number of amides is 1. The van der Waals surface area contributed by atoms with E-state index < -0.39 is 0 Å². The van der Waals surface area contributed by atoms with Crippen molar-refractivity contribution in [3.8, 4) is 0 Å². The predicted molar refractivity (Wildman–Crippen MR) is 85.2 cm³/mol. The Hall–Kier alpha value is -1.35. The molecule has 0 saturated heterocycles. The van der Waals surface area contributed by atoms with Crippen molar-refractivity contribution in [1.82, 2.24) is 5.32 Å². The minimum atomic E-state index is 0.0204. The molecule has 116 valence electrons. The third-order valence-electron chi connectivity index (χ3n) is 4.67. The molecule has 0 aliphatic heterocycles. The van der Waals surface area contributed by atoms with Crippen molar-refractivity contribution in [3.63, 3.8) is 0 Å². The molecule has 1 aromatic carbocycles. The molecule has 0 heterocycles. The van der Waals surface area contributed by atoms with Crippen LogP contribution in [0, 0.1) is 11.8 Å². The largest absolute Gasteiger partial charge is 0.396 e. The maximum Gasteiger partial charge on any atom is 0.223 e. The maximum atomic E-state index is 12.2. The van der Waals surface area contributed by atoms with E-state index in [9.17, 15) is 4.79 Å². The molecule has 1 aliphatic carbocycles. The van der Waals surface area contributed by atoms with E-state index in [4.69, 9.17) is 5.11 Å². The number of hydrogen-bond donors (Lipinski definition) is 2. The Morgan fingerprint density at radius 1 is 1.24 bits per heavy atom. The molecule has 1 aliphatic rings. The molecule has 3 heteroatoms. The molecule has 1 aromatic rings. The minimum Gasteiger partial charge on any atom is -0.396 e. The van der Waals surface area contributed by atoms with E-state index in [0.717, 1.165) is 6.42 Å². The molecule has 3 nitrogen and oxygen atoms in total. The highest BCUT2D eigenvalue weighted by Gasteiger charge is 2.44. The summed E-state index contributed by atoms with van der Waals surface area (Å²) >= 11 is 0. The smallest absolute Gasteiger partial charge is 0.223 e. The maximum absolute atomic E-state index is 12.2. The molecule has 4 unspecified atom stereocenters. The zero-order chi connectivity index (χ0) is 15.6. The second kappa shape index (κ2) is 6.61. The van der Waals surface area contributed by atoms with Gasteiger partial charge in [-0.25, -0.2) is 0 Å². The first-order valence-corrected chi connectivity index (χ1v) is 7.95. The van der Waals surface area contributed by atoms with Crippen LogP contribution in [0.3, 0.4) is 0 Å². The van der Waals surface area contributed by atoms with Crippen LogP contribution in [-0.4, -0.2) is 23.7 Å². The first-order chi connectivity index (χ1) is 9.93. The lowest BCUT2D eigenvalue weighted by Crippen LogP contribution is -2.39. The Morgan fingerprint density at radius 3 is 2.38 bits per heavy atom. The van der Waals surface area contributed by atoms with Gasteiger partial charge in [0.1, 0.15) is 0 Å². The van der Waals surface area contributed by atoms with E-state index in [1.54, 1.807) is 0 Å². The van der Waals surface area contributed by atoms with Gasteiger partial charge in [0, 0.05) is 18.6 Å². The van der Waals surface area contributed by atoms with Gasteiger partial charge in [-0.15, -0.1) is 0 Å². The first-order valence-electron chi connectivity index (χ1n) is 7.95. The van der Waals surface area contributed by atoms with E-state index in [-0.39, 0.29) is 30.4 Å². The highest BCUT2D eigenvalue weighted by Crippen LogP contribution is 2.47. The van der Waals surface area contributed by atoms with E-state index in [0.29, 0.717) is 11.8 Å². The Bertz CT molecular complexity index is 480. The highest BCUT2D eigenvalue weighted by molar-refractivity contribution is 5.83. The van der Waals surface area contributed by atoms with Crippen molar-refractivity contribution in [2.45, 2.75) is 52.0 Å². The summed E-state index contributed by atoms with van der Waals surface area (Å²) < 4.78 is 0. The van der Waals surface area contributed by atoms with Crippen molar-refractivity contribution < 1.29 is 9.90 Å². The summed E-state index contributed by atoms with van der Waals surface area (Å²) in [4.78, 5) is 12.2. The van der Waals surface area contributed by atoms with Crippen molar-refractivity contribution >= 4 is 5.91 Å². The second-order valence-electron chi connectivity index (χ2n) is 6.73. The number of carbonyl (C=O) groups is 1. The van der Waals surface area contributed by atoms with Gasteiger partial charge < -0.3 is 10.4 Å². The molecule has 21 heavy (non-hydrogen) atoms. The van der Waals surface area contributed by atoms with Gasteiger partial charge in [0.25, 0.3) is 0 Å². The van der Waals surface area contributed by atoms with Gasteiger partial charge in [0.15, 0.2) is 0 Å². The van der Waals surface area contributed by atoms with E-state index >= 15 is 0 Å². The SMILES string of the molecule is CC(C)c1ccc(C2CC2C(=O)NC(C)C(C)CO)cc1. The Kier molecular flexibility index (Phi) is 5.04. The summed E-state index contributed by atoms with van der Waals surface area (Å²) in [5, 5.41) is 12.1. The summed E-state index contributed by atoms with van der Waals surface area (Å²) in [6.07, 6.45) is 0.938. The van der Waals surface area contributed by atoms with Gasteiger partial charge in [-0.1, -0.05) is 45.0 Å². The summed E-state index contributed by atoms with van der Waals surface area (Å²) in [6, 6.07) is 8.68. The Labute approximate surface area is 127 Å². The van der Waals surface area contributed by atoms with Gasteiger partial charge in [0.2, 0.25) is 5.91 Å². The number of aliphatic hydroxyl groups excluding tert-OH is 1. The first kappa shape index (κ1) is 16.0. The quantitative estimate of drug-likeness (QED) is 0.845. The highest BCUT2D eigenvalue weighted by atomic mass is 16.3. The van der Waals surface area contributed by atoms with Crippen LogP contribution in [0.4, 0.5) is 0 Å². The van der Waals surface area contributed by atoms with Gasteiger partial charge in [0.05, 0.1) is 0 Å². The molecule has 0 bridgehead atoms. The van der Waals surface area contributed by atoms with Crippen molar-refractivity contribution in [2.75, 3.05) is 6.61 Å². The van der Waals surface area contributed by atoms with Gasteiger partial charge in [-0.05, 0) is 42.2 Å². The third kappa shape index (κ3) is 3.85. The number of aliphatic hydroxyl groups is 1. The van der Waals surface area contributed by atoms with E-state index in [1.165, 1.54) is 11.1 Å². The van der Waals surface area contributed by atoms with Crippen molar-refractivity contribution in [3.05, 3.63) is 35.4 Å². The van der Waals surface area contributed by atoms with Crippen LogP contribution in [-0.2, 0) is 4.79 Å². The molecule has 1 saturated carbocycles. The number of carbonyl (C=O) groups excluding carboxylic acids is 1. The zero-order valence-corrected chi connectivity index (χ0v) is 13.5. The van der Waals surface area contributed by atoms with Crippen LogP contribution in [0.1, 0.15) is 57.1 Å². The van der Waals surface area contributed by atoms with Crippen LogP contribution in [0.15, 0.2) is 24.3 Å². The van der Waals surface area contributed by atoms with Gasteiger partial charge in [-0.3, -0.25) is 4.79 Å². The molecule has 0 aromatic heterocycles. The van der Waals surface area contributed by atoms with Crippen molar-refractivity contribution in [1.29, 1.82) is 0 Å². The molecular weight excluding hydrogens is 262 g/mol. The average molecular weight is 289 g/mol. The van der Waals surface area contributed by atoms with Crippen LogP contribution in [0.25, 0.3) is 0 Å². The standard InChI is InChI=1S/C18H27NO2/c1-11(2)14-5-7-15(8-6-14)16-9-17(16)18(21)19-13(4)12(3)10-20/h5-8,11-13,16-17,20H,9-10H2,1-4H3,(H,19,21). The summed E-state index contributed by atoms with van der Waals surface area (Å²) in [7, 11) is 0. The summed E-state index contributed by atoms with van der Waals surface area (Å²) in [6.45, 7) is 8.37. The fraction of sp³-hybridized carbons (Fsp3) is 0.611. The molecule has 0 radical (unpaired) electrons. The predicted octanol–water partition coefficient (Wildman–Crippen LogP) is 3.05. The van der Waals surface area contributed by atoms with E-state index in [1.807, 2.05) is 13.8 Å². The lowest BCUT2D eigenvalue weighted by Gasteiger charge is -2.19. The summed E-state index contributed by atoms with van der Waals surface area (Å²) in [5.74, 6) is 1.22. The molecule has 4 atom stereocenters. The van der Waals surface area contributed by atoms with Crippen molar-refractivity contribution in [2.24, 2.45) is 11.8 Å². The molecule has 2 rings (SSSR count). The molecule has 1 amide bonds. The second-order valence-corrected chi connectivity index (χ2v) is 6.73. The third-order valence-corrected chi connectivity index (χ3v) is 4.67. The molecule has 2 N–H and O–H groups in total. The molecule has 1 fully saturated rings. The number of nitrogens with one attached hydrogen (secondary N) is 1. The number of rotatable bonds is 6. The monoisotopic (exact) mass is 289 g/mol. The Morgan fingerprint density at radius 2 is 1.86 bits per heavy atom. The zero-order valence-electron chi connectivity index (χ0n) is 13.5. The Balaban J connectivity index is 1.90. The molecular formula is C18H27NO2. The summed E-state index contributed by atoms with van der Waals surface area (Å²) in [5.41, 5.74) is 2.60. The lowest BCUT2D eigenvalue weighted by molar-refractivity contribution is -0.123. The number of hydrogen-bond acceptors (Lipinski definition) is 2. The minimum absolute atomic E-state index is 0.0204. The van der Waals surface area contributed by atoms with Gasteiger partial charge in [-0.2, -0.15) is 0 Å². The number of benzene rings is 1. The fourth-order valence-electron chi connectivity index (χ4n) is 2.61. The van der Waals surface area contributed by atoms with Crippen LogP contribution in [0.2, 0.25) is 0 Å². The fourth-order valence-corrected chi connectivity index (χ4v) is 2.61. The van der Waals surface area contributed by atoms with Crippen LogP contribution < -0.4 is 5.32 Å². The van der Waals surface area contributed by atoms with Crippen LogP contribution >= 0.6 is 0 Å². The van der Waals surface area contributed by atoms with E-state index in [2.05, 4.69) is 43.4 Å². The molecule has 0 spiro atoms. The topological polar surface area (TPSA) is 49.3 Å².